The number of rotatable bonds is 9. The molecule has 25 heavy (non-hydrogen) atoms. The Kier molecular flexibility index (Phi) is 7.43. The van der Waals surface area contributed by atoms with Crippen LogP contribution < -0.4 is 11.1 Å². The van der Waals surface area contributed by atoms with E-state index in [1.54, 1.807) is 12.0 Å². The number of carbonyl (C=O) groups is 2. The van der Waals surface area contributed by atoms with Crippen LogP contribution in [0.25, 0.3) is 0 Å². The molecule has 3 amide bonds. The quantitative estimate of drug-likeness (QED) is 0.720. The lowest BCUT2D eigenvalue weighted by Crippen LogP contribution is -2.39. The van der Waals surface area contributed by atoms with Gasteiger partial charge < -0.3 is 20.7 Å². The van der Waals surface area contributed by atoms with Gasteiger partial charge in [0.2, 0.25) is 5.91 Å². The first-order valence-corrected chi connectivity index (χ1v) is 8.88. The van der Waals surface area contributed by atoms with Crippen LogP contribution in [0.1, 0.15) is 22.9 Å². The fourth-order valence-electron chi connectivity index (χ4n) is 2.48. The van der Waals surface area contributed by atoms with E-state index >= 15 is 0 Å². The molecule has 1 aromatic heterocycles. The summed E-state index contributed by atoms with van der Waals surface area (Å²) in [5.41, 5.74) is 6.31. The van der Waals surface area contributed by atoms with Crippen LogP contribution in [0.5, 0.6) is 0 Å². The van der Waals surface area contributed by atoms with Gasteiger partial charge in [0.1, 0.15) is 0 Å². The second-order valence-corrected chi connectivity index (χ2v) is 6.55. The number of thiophene rings is 1. The molecule has 7 heteroatoms. The molecule has 2 rings (SSSR count). The number of benzene rings is 1. The van der Waals surface area contributed by atoms with E-state index in [4.69, 9.17) is 10.5 Å². The number of nitrogens with zero attached hydrogens (tertiary/aromatic N) is 1. The fourth-order valence-corrected chi connectivity index (χ4v) is 3.26. The lowest BCUT2D eigenvalue weighted by Gasteiger charge is -2.25. The van der Waals surface area contributed by atoms with Gasteiger partial charge in [0.05, 0.1) is 19.1 Å². The molecule has 0 radical (unpaired) electrons. The van der Waals surface area contributed by atoms with Crippen LogP contribution in [0.3, 0.4) is 0 Å². The average molecular weight is 361 g/mol. The number of hydrogen-bond donors (Lipinski definition) is 2. The monoisotopic (exact) mass is 361 g/mol. The van der Waals surface area contributed by atoms with E-state index in [-0.39, 0.29) is 12.3 Å². The van der Waals surface area contributed by atoms with Crippen molar-refractivity contribution in [1.82, 2.24) is 10.2 Å². The summed E-state index contributed by atoms with van der Waals surface area (Å²) in [7, 11) is 1.61. The van der Waals surface area contributed by atoms with Gasteiger partial charge >= 0.3 is 6.03 Å². The molecular weight excluding hydrogens is 338 g/mol. The zero-order chi connectivity index (χ0) is 18.1. The molecular formula is C18H23N3O3S. The smallest absolute Gasteiger partial charge is 0.312 e. The summed E-state index contributed by atoms with van der Waals surface area (Å²) in [4.78, 5) is 26.8. The van der Waals surface area contributed by atoms with Crippen molar-refractivity contribution in [2.75, 3.05) is 20.3 Å². The van der Waals surface area contributed by atoms with Gasteiger partial charge in [0.25, 0.3) is 0 Å². The minimum absolute atomic E-state index is 0.0620. The lowest BCUT2D eigenvalue weighted by atomic mass is 10.1. The Morgan fingerprint density at radius 2 is 2.00 bits per heavy atom. The molecule has 0 fully saturated rings. The summed E-state index contributed by atoms with van der Waals surface area (Å²) < 4.78 is 5.12. The lowest BCUT2D eigenvalue weighted by molar-refractivity contribution is -0.133. The van der Waals surface area contributed by atoms with Gasteiger partial charge in [-0.2, -0.15) is 0 Å². The van der Waals surface area contributed by atoms with Crippen LogP contribution in [-0.4, -0.2) is 37.1 Å². The molecule has 0 aliphatic carbocycles. The van der Waals surface area contributed by atoms with Crippen molar-refractivity contribution in [3.8, 4) is 0 Å². The minimum Gasteiger partial charge on any atom is -0.383 e. The number of primary amides is 1. The molecule has 3 N–H and O–H groups in total. The molecule has 134 valence electrons. The Morgan fingerprint density at radius 1 is 1.24 bits per heavy atom. The van der Waals surface area contributed by atoms with Crippen molar-refractivity contribution in [2.45, 2.75) is 19.0 Å². The summed E-state index contributed by atoms with van der Waals surface area (Å²) in [6, 6.07) is 12.5. The molecule has 6 nitrogen and oxygen atoms in total. The van der Waals surface area contributed by atoms with Gasteiger partial charge in [0, 0.05) is 25.1 Å². The third-order valence-corrected chi connectivity index (χ3v) is 4.70. The Morgan fingerprint density at radius 3 is 2.60 bits per heavy atom. The highest BCUT2D eigenvalue weighted by Crippen LogP contribution is 2.23. The van der Waals surface area contributed by atoms with Gasteiger partial charge in [-0.3, -0.25) is 4.79 Å². The molecule has 0 saturated heterocycles. The summed E-state index contributed by atoms with van der Waals surface area (Å²) in [6.07, 6.45) is 0.153. The number of methoxy groups -OCH3 is 1. The number of nitrogens with one attached hydrogen (secondary N) is 1. The maximum absolute atomic E-state index is 12.8. The molecule has 0 aliphatic rings. The Hall–Kier alpha value is -2.38. The van der Waals surface area contributed by atoms with E-state index in [1.165, 1.54) is 11.3 Å². The van der Waals surface area contributed by atoms with E-state index in [9.17, 15) is 9.59 Å². The first-order valence-electron chi connectivity index (χ1n) is 8.00. The number of amides is 3. The predicted octanol–water partition coefficient (Wildman–Crippen LogP) is 2.52. The number of hydrogen-bond acceptors (Lipinski definition) is 4. The highest BCUT2D eigenvalue weighted by Gasteiger charge is 2.22. The van der Waals surface area contributed by atoms with Crippen LogP contribution in [-0.2, 0) is 16.1 Å². The largest absolute Gasteiger partial charge is 0.383 e. The van der Waals surface area contributed by atoms with Crippen molar-refractivity contribution < 1.29 is 14.3 Å². The van der Waals surface area contributed by atoms with Crippen LogP contribution in [0.2, 0.25) is 0 Å². The topological polar surface area (TPSA) is 84.7 Å². The van der Waals surface area contributed by atoms with Crippen LogP contribution in [0.4, 0.5) is 4.79 Å². The van der Waals surface area contributed by atoms with Crippen molar-refractivity contribution >= 4 is 23.3 Å². The van der Waals surface area contributed by atoms with Gasteiger partial charge in [-0.1, -0.05) is 36.4 Å². The average Bonchev–Trinajstić information content (AvgIpc) is 3.13. The molecule has 0 bridgehead atoms. The maximum atomic E-state index is 12.8. The summed E-state index contributed by atoms with van der Waals surface area (Å²) >= 11 is 1.48. The van der Waals surface area contributed by atoms with Gasteiger partial charge in [-0.25, -0.2) is 4.79 Å². The third kappa shape index (κ3) is 6.21. The number of ether oxygens (including phenoxy) is 1. The minimum atomic E-state index is -0.641. The predicted molar refractivity (Wildman–Crippen MR) is 98.1 cm³/mol. The van der Waals surface area contributed by atoms with E-state index < -0.39 is 12.1 Å². The van der Waals surface area contributed by atoms with Gasteiger partial charge in [0.15, 0.2) is 0 Å². The van der Waals surface area contributed by atoms with Crippen molar-refractivity contribution in [3.05, 3.63) is 58.3 Å². The fraction of sp³-hybridized carbons (Fsp3) is 0.333. The summed E-state index contributed by atoms with van der Waals surface area (Å²) in [5.74, 6) is -0.0620. The first kappa shape index (κ1) is 19.0. The standard InChI is InChI=1S/C18H23N3O3S/c1-24-10-9-21(13-14-6-3-2-4-7-14)17(22)12-15(20-18(19)23)16-8-5-11-25-16/h2-8,11,15H,9-10,12-13H2,1H3,(H3,19,20,23). The van der Waals surface area contributed by atoms with Crippen molar-refractivity contribution in [2.24, 2.45) is 5.73 Å². The number of nitrogens with two attached hydrogens (primary N) is 1. The van der Waals surface area contributed by atoms with Gasteiger partial charge in [-0.05, 0) is 17.0 Å². The Bertz CT molecular complexity index is 661. The molecule has 0 aliphatic heterocycles. The van der Waals surface area contributed by atoms with Gasteiger partial charge in [-0.15, -0.1) is 11.3 Å². The molecule has 1 unspecified atom stereocenters. The molecule has 0 spiro atoms. The van der Waals surface area contributed by atoms with E-state index in [0.717, 1.165) is 10.4 Å². The zero-order valence-electron chi connectivity index (χ0n) is 14.2. The summed E-state index contributed by atoms with van der Waals surface area (Å²) in [5, 5.41) is 4.56. The molecule has 1 heterocycles. The summed E-state index contributed by atoms with van der Waals surface area (Å²) in [6.45, 7) is 1.43. The number of carbonyl (C=O) groups excluding carboxylic acids is 2. The molecule has 2 aromatic rings. The zero-order valence-corrected chi connectivity index (χ0v) is 15.0. The SMILES string of the molecule is COCCN(Cc1ccccc1)C(=O)CC(NC(N)=O)c1cccs1. The second-order valence-electron chi connectivity index (χ2n) is 5.57. The van der Waals surface area contributed by atoms with Crippen LogP contribution in [0, 0.1) is 0 Å². The molecule has 0 saturated carbocycles. The van der Waals surface area contributed by atoms with E-state index in [2.05, 4.69) is 5.32 Å². The third-order valence-electron chi connectivity index (χ3n) is 3.72. The highest BCUT2D eigenvalue weighted by atomic mass is 32.1. The maximum Gasteiger partial charge on any atom is 0.312 e. The number of urea groups is 1. The van der Waals surface area contributed by atoms with E-state index in [0.29, 0.717) is 19.7 Å². The van der Waals surface area contributed by atoms with Crippen LogP contribution in [0.15, 0.2) is 47.8 Å². The first-order chi connectivity index (χ1) is 12.1. The Balaban J connectivity index is 2.09. The normalized spacial score (nSPS) is 11.7. The van der Waals surface area contributed by atoms with E-state index in [1.807, 2.05) is 47.8 Å². The highest BCUT2D eigenvalue weighted by molar-refractivity contribution is 7.10. The van der Waals surface area contributed by atoms with Crippen molar-refractivity contribution in [3.63, 3.8) is 0 Å². The molecule has 1 atom stereocenters. The van der Waals surface area contributed by atoms with Crippen molar-refractivity contribution in [1.29, 1.82) is 0 Å². The molecule has 1 aromatic carbocycles. The van der Waals surface area contributed by atoms with Crippen LogP contribution >= 0.6 is 11.3 Å². The Labute approximate surface area is 151 Å². The second kappa shape index (κ2) is 9.80.